The molecule has 1 aromatic rings. The minimum Gasteiger partial charge on any atom is -0.491 e. The molecule has 0 fully saturated rings. The average Bonchev–Trinajstić information content (AvgIpc) is 2.69. The Morgan fingerprint density at radius 3 is 2.45 bits per heavy atom. The summed E-state index contributed by atoms with van der Waals surface area (Å²) in [5, 5.41) is 0. The number of hydrogen-bond donors (Lipinski definition) is 2. The molecule has 2 rings (SSSR count). The maximum absolute atomic E-state index is 12.9. The number of esters is 1. The van der Waals surface area contributed by atoms with E-state index in [1.807, 2.05) is 58.9 Å². The molecule has 0 amide bonds. The monoisotopic (exact) mass is 401 g/mol. The highest BCUT2D eigenvalue weighted by Crippen LogP contribution is 2.42. The molecule has 0 aliphatic carbocycles. The van der Waals surface area contributed by atoms with Gasteiger partial charge in [-0.05, 0) is 33.3 Å². The number of amidine groups is 1. The van der Waals surface area contributed by atoms with Crippen molar-refractivity contribution in [2.24, 2.45) is 16.5 Å². The molecule has 1 atom stereocenters. The summed E-state index contributed by atoms with van der Waals surface area (Å²) in [6.07, 6.45) is 2.85. The first kappa shape index (κ1) is 24.3. The number of para-hydroxylation sites is 1. The number of nitrogens with two attached hydrogens (primary N) is 2. The minimum absolute atomic E-state index is 0.0174. The smallest absolute Gasteiger partial charge is 0.336 e. The predicted octanol–water partition coefficient (Wildman–Crippen LogP) is 4.41. The largest absolute Gasteiger partial charge is 0.491 e. The summed E-state index contributed by atoms with van der Waals surface area (Å²) in [5.41, 5.74) is 14.6. The number of hydrogen-bond acceptors (Lipinski definition) is 6. The third-order valence-corrected chi connectivity index (χ3v) is 4.22. The Hall–Kier alpha value is -2.76. The van der Waals surface area contributed by atoms with Crippen LogP contribution in [0.25, 0.3) is 0 Å². The fourth-order valence-electron chi connectivity index (χ4n) is 3.20. The zero-order valence-electron chi connectivity index (χ0n) is 18.5. The van der Waals surface area contributed by atoms with Gasteiger partial charge in [-0.1, -0.05) is 45.4 Å². The first-order valence-corrected chi connectivity index (χ1v) is 10.4. The highest BCUT2D eigenvalue weighted by Gasteiger charge is 2.36. The molecule has 1 aliphatic heterocycles. The molecule has 1 aromatic carbocycles. The lowest BCUT2D eigenvalue weighted by molar-refractivity contribution is -0.138. The molecule has 1 aliphatic rings. The molecule has 4 N–H and O–H groups in total. The Morgan fingerprint density at radius 2 is 1.90 bits per heavy atom. The number of carbonyl (C=O) groups is 1. The maximum Gasteiger partial charge on any atom is 0.336 e. The van der Waals surface area contributed by atoms with Crippen molar-refractivity contribution in [1.29, 1.82) is 0 Å². The van der Waals surface area contributed by atoms with E-state index in [2.05, 4.69) is 4.99 Å². The molecule has 160 valence electrons. The van der Waals surface area contributed by atoms with E-state index in [4.69, 9.17) is 20.9 Å². The van der Waals surface area contributed by atoms with Gasteiger partial charge in [0, 0.05) is 17.3 Å². The normalized spacial score (nSPS) is 17.6. The summed E-state index contributed by atoms with van der Waals surface area (Å²) >= 11 is 0. The van der Waals surface area contributed by atoms with Crippen LogP contribution in [-0.4, -0.2) is 24.5 Å². The number of ether oxygens (including phenoxy) is 2. The first-order valence-electron chi connectivity index (χ1n) is 10.4. The van der Waals surface area contributed by atoms with Crippen LogP contribution in [-0.2, 0) is 9.53 Å². The van der Waals surface area contributed by atoms with Gasteiger partial charge in [-0.3, -0.25) is 0 Å². The lowest BCUT2D eigenvalue weighted by Gasteiger charge is -2.29. The quantitative estimate of drug-likeness (QED) is 0.659. The molecule has 29 heavy (non-hydrogen) atoms. The number of allylic oxidation sites excluding steroid dienone is 1. The summed E-state index contributed by atoms with van der Waals surface area (Å²) in [5.74, 6) is 0.117. The number of nitrogens with zero attached hydrogens (tertiary/aromatic N) is 1. The Kier molecular flexibility index (Phi) is 10.00. The number of benzene rings is 1. The second kappa shape index (κ2) is 11.9. The van der Waals surface area contributed by atoms with Crippen LogP contribution in [0.1, 0.15) is 65.9 Å². The molecule has 0 bridgehead atoms. The number of carbonyl (C=O) groups excluding carboxylic acids is 1. The third kappa shape index (κ3) is 5.86. The van der Waals surface area contributed by atoms with Gasteiger partial charge in [0.25, 0.3) is 0 Å². The molecule has 6 heteroatoms. The third-order valence-electron chi connectivity index (χ3n) is 4.22. The van der Waals surface area contributed by atoms with E-state index in [1.54, 1.807) is 6.92 Å². The Morgan fingerprint density at radius 1 is 1.24 bits per heavy atom. The van der Waals surface area contributed by atoms with Crippen LogP contribution in [0.4, 0.5) is 0 Å². The van der Waals surface area contributed by atoms with Crippen molar-refractivity contribution >= 4 is 11.8 Å². The highest BCUT2D eigenvalue weighted by atomic mass is 16.5. The maximum atomic E-state index is 12.9. The van der Waals surface area contributed by atoms with Gasteiger partial charge in [0.05, 0.1) is 29.9 Å². The van der Waals surface area contributed by atoms with Gasteiger partial charge in [0.1, 0.15) is 11.6 Å². The standard InChI is InChI=1S/C21H29N3O3.C2H6/c1-5-9-16-19(21(25)26-6-2)18(15(12-22)20(23)24-16)14-10-7-8-11-17(14)27-13(3)4;1-2/h7-8,10-13,18H,5-6,9,22H2,1-4H3,(H2,23,24);1-2H3/b15-12-;. The van der Waals surface area contributed by atoms with Crippen molar-refractivity contribution < 1.29 is 14.3 Å². The first-order chi connectivity index (χ1) is 13.9. The van der Waals surface area contributed by atoms with Crippen molar-refractivity contribution in [1.82, 2.24) is 0 Å². The van der Waals surface area contributed by atoms with Gasteiger partial charge < -0.3 is 20.9 Å². The van der Waals surface area contributed by atoms with Gasteiger partial charge in [-0.2, -0.15) is 0 Å². The van der Waals surface area contributed by atoms with Gasteiger partial charge in [-0.15, -0.1) is 0 Å². The minimum atomic E-state index is -0.483. The van der Waals surface area contributed by atoms with E-state index < -0.39 is 11.9 Å². The molecule has 0 aromatic heterocycles. The van der Waals surface area contributed by atoms with Gasteiger partial charge in [0.2, 0.25) is 0 Å². The van der Waals surface area contributed by atoms with Crippen LogP contribution in [0, 0.1) is 0 Å². The van der Waals surface area contributed by atoms with Crippen molar-refractivity contribution in [3.63, 3.8) is 0 Å². The molecule has 0 radical (unpaired) electrons. The SMILES string of the molecule is CC.CCCC1=C(C(=O)OCC)C(c2ccccc2OC(C)C)/C(=C/N)C(N)=N1. The van der Waals surface area contributed by atoms with Crippen LogP contribution >= 0.6 is 0 Å². The lowest BCUT2D eigenvalue weighted by Crippen LogP contribution is -2.30. The zero-order chi connectivity index (χ0) is 22.0. The van der Waals surface area contributed by atoms with Crippen molar-refractivity contribution in [3.8, 4) is 5.75 Å². The fraction of sp³-hybridized carbons (Fsp3) is 0.478. The van der Waals surface area contributed by atoms with E-state index in [0.29, 0.717) is 34.8 Å². The summed E-state index contributed by atoms with van der Waals surface area (Å²) in [7, 11) is 0. The summed E-state index contributed by atoms with van der Waals surface area (Å²) in [6, 6.07) is 7.61. The Labute approximate surface area is 174 Å². The molecule has 0 spiro atoms. The Bertz CT molecular complexity index is 779. The topological polar surface area (TPSA) is 99.9 Å². The summed E-state index contributed by atoms with van der Waals surface area (Å²) < 4.78 is 11.3. The highest BCUT2D eigenvalue weighted by molar-refractivity contribution is 6.05. The zero-order valence-corrected chi connectivity index (χ0v) is 18.5. The van der Waals surface area contributed by atoms with E-state index in [-0.39, 0.29) is 12.7 Å². The second-order valence-corrected chi connectivity index (χ2v) is 6.59. The van der Waals surface area contributed by atoms with Crippen molar-refractivity contribution in [2.45, 2.75) is 66.4 Å². The van der Waals surface area contributed by atoms with Gasteiger partial charge >= 0.3 is 5.97 Å². The van der Waals surface area contributed by atoms with Crippen LogP contribution < -0.4 is 16.2 Å². The van der Waals surface area contributed by atoms with E-state index in [1.165, 1.54) is 6.20 Å². The average molecular weight is 402 g/mol. The molecular formula is C23H35N3O3. The van der Waals surface area contributed by atoms with Crippen LogP contribution in [0.3, 0.4) is 0 Å². The molecule has 0 saturated carbocycles. The number of aliphatic imine (C=N–C) groups is 1. The van der Waals surface area contributed by atoms with Crippen LogP contribution in [0.2, 0.25) is 0 Å². The van der Waals surface area contributed by atoms with Crippen molar-refractivity contribution in [3.05, 3.63) is 52.9 Å². The van der Waals surface area contributed by atoms with Crippen LogP contribution in [0.15, 0.2) is 52.3 Å². The van der Waals surface area contributed by atoms with E-state index in [0.717, 1.165) is 12.0 Å². The molecule has 0 saturated heterocycles. The van der Waals surface area contributed by atoms with Crippen LogP contribution in [0.5, 0.6) is 5.75 Å². The second-order valence-electron chi connectivity index (χ2n) is 6.59. The molecule has 1 unspecified atom stereocenters. The fourth-order valence-corrected chi connectivity index (χ4v) is 3.20. The molecule has 1 heterocycles. The molecule has 6 nitrogen and oxygen atoms in total. The molecular weight excluding hydrogens is 366 g/mol. The number of rotatable bonds is 7. The Balaban J connectivity index is 0.00000204. The van der Waals surface area contributed by atoms with Gasteiger partial charge in [-0.25, -0.2) is 9.79 Å². The summed E-state index contributed by atoms with van der Waals surface area (Å²) in [6.45, 7) is 12.0. The predicted molar refractivity (Wildman–Crippen MR) is 119 cm³/mol. The summed E-state index contributed by atoms with van der Waals surface area (Å²) in [4.78, 5) is 17.3. The van der Waals surface area contributed by atoms with E-state index in [9.17, 15) is 4.79 Å². The van der Waals surface area contributed by atoms with Crippen molar-refractivity contribution in [2.75, 3.05) is 6.61 Å². The lowest BCUT2D eigenvalue weighted by atomic mass is 9.80. The van der Waals surface area contributed by atoms with E-state index >= 15 is 0 Å². The van der Waals surface area contributed by atoms with Gasteiger partial charge in [0.15, 0.2) is 0 Å².